The highest BCUT2D eigenvalue weighted by Crippen LogP contribution is 2.40. The molecule has 0 aliphatic carbocycles. The van der Waals surface area contributed by atoms with Crippen molar-refractivity contribution in [2.24, 2.45) is 0 Å². The Bertz CT molecular complexity index is 1400. The van der Waals surface area contributed by atoms with Gasteiger partial charge in [0.05, 0.1) is 0 Å². The SMILES string of the molecule is CCCCCCCCCCCCC(=O)CCCC(=O)CC(CCCCCCC)c1ccc2ccc3cccc4ccc1c2c34. The second-order valence-corrected chi connectivity index (χ2v) is 13.5. The lowest BCUT2D eigenvalue weighted by atomic mass is 9.82. The predicted molar refractivity (Wildman–Crippen MR) is 191 cm³/mol. The number of unbranched alkanes of at least 4 members (excludes halogenated alkanes) is 13. The van der Waals surface area contributed by atoms with Crippen molar-refractivity contribution in [2.45, 2.75) is 155 Å². The second kappa shape index (κ2) is 18.9. The summed E-state index contributed by atoms with van der Waals surface area (Å²) in [7, 11) is 0. The zero-order valence-electron chi connectivity index (χ0n) is 27.9. The highest BCUT2D eigenvalue weighted by Gasteiger charge is 2.20. The van der Waals surface area contributed by atoms with Crippen LogP contribution in [0.4, 0.5) is 0 Å². The van der Waals surface area contributed by atoms with Gasteiger partial charge in [0.1, 0.15) is 11.6 Å². The molecule has 44 heavy (non-hydrogen) atoms. The summed E-state index contributed by atoms with van der Waals surface area (Å²) in [6.45, 7) is 4.52. The fraction of sp³-hybridized carbons (Fsp3) is 0.571. The maximum atomic E-state index is 13.3. The van der Waals surface area contributed by atoms with Crippen molar-refractivity contribution in [3.05, 3.63) is 60.2 Å². The highest BCUT2D eigenvalue weighted by molar-refractivity contribution is 6.23. The monoisotopic (exact) mass is 594 g/mol. The smallest absolute Gasteiger partial charge is 0.133 e. The van der Waals surface area contributed by atoms with Gasteiger partial charge in [0.15, 0.2) is 0 Å². The van der Waals surface area contributed by atoms with E-state index >= 15 is 0 Å². The van der Waals surface area contributed by atoms with Crippen LogP contribution in [-0.2, 0) is 9.59 Å². The fourth-order valence-corrected chi connectivity index (χ4v) is 7.27. The quantitative estimate of drug-likeness (QED) is 0.0597. The molecule has 4 aromatic carbocycles. The van der Waals surface area contributed by atoms with E-state index in [4.69, 9.17) is 0 Å². The Kier molecular flexibility index (Phi) is 14.7. The van der Waals surface area contributed by atoms with Gasteiger partial charge in [-0.15, -0.1) is 0 Å². The lowest BCUT2D eigenvalue weighted by molar-refractivity contribution is -0.120. The summed E-state index contributed by atoms with van der Waals surface area (Å²) in [4.78, 5) is 25.9. The molecule has 4 aromatic rings. The molecule has 0 heterocycles. The molecule has 0 aliphatic heterocycles. The lowest BCUT2D eigenvalue weighted by Gasteiger charge is -2.21. The Morgan fingerprint density at radius 1 is 0.500 bits per heavy atom. The summed E-state index contributed by atoms with van der Waals surface area (Å²) in [5.74, 6) is 0.897. The number of hydrogen-bond donors (Lipinski definition) is 0. The van der Waals surface area contributed by atoms with Crippen molar-refractivity contribution in [1.29, 1.82) is 0 Å². The van der Waals surface area contributed by atoms with E-state index in [0.717, 1.165) is 19.3 Å². The summed E-state index contributed by atoms with van der Waals surface area (Å²) in [6.07, 6.45) is 23.2. The molecule has 1 atom stereocenters. The molecule has 0 spiro atoms. The second-order valence-electron chi connectivity index (χ2n) is 13.5. The molecular weight excluding hydrogens is 536 g/mol. The first-order chi connectivity index (χ1) is 21.6. The molecule has 1 unspecified atom stereocenters. The van der Waals surface area contributed by atoms with Crippen LogP contribution >= 0.6 is 0 Å². The zero-order chi connectivity index (χ0) is 31.0. The predicted octanol–water partition coefficient (Wildman–Crippen LogP) is 13.0. The van der Waals surface area contributed by atoms with Gasteiger partial charge in [-0.1, -0.05) is 158 Å². The molecule has 0 saturated heterocycles. The minimum absolute atomic E-state index is 0.232. The Balaban J connectivity index is 1.29. The number of carbonyl (C=O) groups is 2. The highest BCUT2D eigenvalue weighted by atomic mass is 16.1. The van der Waals surface area contributed by atoms with Gasteiger partial charge >= 0.3 is 0 Å². The third kappa shape index (κ3) is 10.1. The molecule has 0 radical (unpaired) electrons. The van der Waals surface area contributed by atoms with Gasteiger partial charge in [-0.3, -0.25) is 9.59 Å². The molecule has 0 aromatic heterocycles. The average Bonchev–Trinajstić information content (AvgIpc) is 3.04. The Labute approximate surface area is 267 Å². The number of ketones is 2. The van der Waals surface area contributed by atoms with E-state index in [0.29, 0.717) is 43.7 Å². The average molecular weight is 595 g/mol. The lowest BCUT2D eigenvalue weighted by Crippen LogP contribution is -2.09. The minimum atomic E-state index is 0.232. The molecule has 0 saturated carbocycles. The number of carbonyl (C=O) groups excluding carboxylic acids is 2. The van der Waals surface area contributed by atoms with Crippen LogP contribution in [-0.4, -0.2) is 11.6 Å². The van der Waals surface area contributed by atoms with E-state index in [-0.39, 0.29) is 5.92 Å². The van der Waals surface area contributed by atoms with Crippen LogP contribution in [0.3, 0.4) is 0 Å². The summed E-state index contributed by atoms with van der Waals surface area (Å²) in [5.41, 5.74) is 1.33. The number of benzene rings is 4. The number of Topliss-reactive ketones (excluding diaryl/α,β-unsaturated/α-hetero) is 2. The van der Waals surface area contributed by atoms with Crippen molar-refractivity contribution in [3.8, 4) is 0 Å². The molecule has 238 valence electrons. The first-order valence-electron chi connectivity index (χ1n) is 18.3. The molecule has 4 rings (SSSR count). The normalized spacial score (nSPS) is 12.5. The van der Waals surface area contributed by atoms with Gasteiger partial charge in [-0.25, -0.2) is 0 Å². The van der Waals surface area contributed by atoms with Crippen LogP contribution in [0.2, 0.25) is 0 Å². The van der Waals surface area contributed by atoms with Crippen LogP contribution < -0.4 is 0 Å². The maximum absolute atomic E-state index is 13.3. The van der Waals surface area contributed by atoms with Gasteiger partial charge in [-0.05, 0) is 63.1 Å². The summed E-state index contributed by atoms with van der Waals surface area (Å²) >= 11 is 0. The van der Waals surface area contributed by atoms with Gasteiger partial charge < -0.3 is 0 Å². The Morgan fingerprint density at radius 3 is 1.66 bits per heavy atom. The van der Waals surface area contributed by atoms with Crippen LogP contribution in [0.25, 0.3) is 32.3 Å². The van der Waals surface area contributed by atoms with E-state index < -0.39 is 0 Å². The largest absolute Gasteiger partial charge is 0.300 e. The first kappa shape index (κ1) is 34.1. The summed E-state index contributed by atoms with van der Waals surface area (Å²) in [6, 6.07) is 20.1. The van der Waals surface area contributed by atoms with Crippen LogP contribution in [0, 0.1) is 0 Å². The van der Waals surface area contributed by atoms with Crippen LogP contribution in [0.1, 0.15) is 160 Å². The molecule has 0 bridgehead atoms. The van der Waals surface area contributed by atoms with Crippen LogP contribution in [0.5, 0.6) is 0 Å². The number of rotatable bonds is 24. The topological polar surface area (TPSA) is 34.1 Å². The molecule has 2 heteroatoms. The van der Waals surface area contributed by atoms with Crippen LogP contribution in [0.15, 0.2) is 54.6 Å². The standard InChI is InChI=1S/C42H58O2/c1-3-5-7-9-10-11-12-13-15-17-23-37(43)24-19-25-38(44)32-36(20-16-14-8-6-4-2)39-30-28-35-27-26-33-21-18-22-34-29-31-40(39)42(35)41(33)34/h18,21-22,26-31,36H,3-17,19-20,23-25,32H2,1-2H3. The van der Waals surface area contributed by atoms with Gasteiger partial charge in [0.2, 0.25) is 0 Å². The molecule has 0 amide bonds. The summed E-state index contributed by atoms with van der Waals surface area (Å²) in [5, 5.41) is 7.85. The van der Waals surface area contributed by atoms with E-state index in [9.17, 15) is 9.59 Å². The first-order valence-corrected chi connectivity index (χ1v) is 18.3. The van der Waals surface area contributed by atoms with E-state index in [1.54, 1.807) is 0 Å². The molecule has 2 nitrogen and oxygen atoms in total. The van der Waals surface area contributed by atoms with Gasteiger partial charge in [-0.2, -0.15) is 0 Å². The summed E-state index contributed by atoms with van der Waals surface area (Å²) < 4.78 is 0. The van der Waals surface area contributed by atoms with Gasteiger partial charge in [0.25, 0.3) is 0 Å². The molecule has 0 fully saturated rings. The van der Waals surface area contributed by atoms with Gasteiger partial charge in [0, 0.05) is 25.7 Å². The minimum Gasteiger partial charge on any atom is -0.300 e. The molecular formula is C42H58O2. The Hall–Kier alpha value is -2.74. The van der Waals surface area contributed by atoms with Crippen molar-refractivity contribution in [3.63, 3.8) is 0 Å². The third-order valence-corrected chi connectivity index (χ3v) is 9.85. The van der Waals surface area contributed by atoms with Crippen molar-refractivity contribution in [2.75, 3.05) is 0 Å². The fourth-order valence-electron chi connectivity index (χ4n) is 7.27. The third-order valence-electron chi connectivity index (χ3n) is 9.85. The van der Waals surface area contributed by atoms with E-state index in [1.807, 2.05) is 0 Å². The molecule has 0 aliphatic rings. The molecule has 0 N–H and O–H groups in total. The number of hydrogen-bond acceptors (Lipinski definition) is 2. The zero-order valence-corrected chi connectivity index (χ0v) is 27.9. The van der Waals surface area contributed by atoms with E-state index in [1.165, 1.54) is 121 Å². The van der Waals surface area contributed by atoms with Crippen molar-refractivity contribution in [1.82, 2.24) is 0 Å². The van der Waals surface area contributed by atoms with Crippen molar-refractivity contribution >= 4 is 43.9 Å². The van der Waals surface area contributed by atoms with Crippen molar-refractivity contribution < 1.29 is 9.59 Å². The Morgan fingerprint density at radius 2 is 1.00 bits per heavy atom. The maximum Gasteiger partial charge on any atom is 0.133 e. The van der Waals surface area contributed by atoms with E-state index in [2.05, 4.69) is 68.4 Å².